The minimum Gasteiger partial charge on any atom is -0.376 e. The number of hydrogen-bond donors (Lipinski definition) is 1. The van der Waals surface area contributed by atoms with E-state index in [1.54, 1.807) is 0 Å². The third kappa shape index (κ3) is 2.68. The molecule has 86 valence electrons. The van der Waals surface area contributed by atoms with Crippen molar-refractivity contribution < 1.29 is 14.3 Å². The summed E-state index contributed by atoms with van der Waals surface area (Å²) in [6.45, 7) is 2.75. The van der Waals surface area contributed by atoms with Gasteiger partial charge in [0.25, 0.3) is 0 Å². The molecule has 2 aliphatic rings. The highest BCUT2D eigenvalue weighted by atomic mass is 16.5. The number of amides is 1. The van der Waals surface area contributed by atoms with Gasteiger partial charge in [-0.25, -0.2) is 0 Å². The van der Waals surface area contributed by atoms with Crippen molar-refractivity contribution in [1.82, 2.24) is 4.90 Å². The zero-order chi connectivity index (χ0) is 10.7. The zero-order valence-corrected chi connectivity index (χ0v) is 8.85. The lowest BCUT2D eigenvalue weighted by Gasteiger charge is -2.33. The Hall–Kier alpha value is -0.650. The first kappa shape index (κ1) is 10.9. The van der Waals surface area contributed by atoms with Crippen LogP contribution in [0.3, 0.4) is 0 Å². The highest BCUT2D eigenvalue weighted by molar-refractivity contribution is 5.78. The average Bonchev–Trinajstić information content (AvgIpc) is 2.74. The average molecular weight is 214 g/mol. The molecule has 2 heterocycles. The summed E-state index contributed by atoms with van der Waals surface area (Å²) in [6.07, 6.45) is 2.36. The second kappa shape index (κ2) is 4.92. The van der Waals surface area contributed by atoms with Gasteiger partial charge in [0, 0.05) is 26.2 Å². The van der Waals surface area contributed by atoms with Gasteiger partial charge in [0.05, 0.1) is 12.2 Å². The number of ether oxygens (including phenoxy) is 2. The van der Waals surface area contributed by atoms with E-state index in [2.05, 4.69) is 0 Å². The van der Waals surface area contributed by atoms with Gasteiger partial charge in [0.2, 0.25) is 5.91 Å². The summed E-state index contributed by atoms with van der Waals surface area (Å²) in [5.74, 6) is 0.0511. The van der Waals surface area contributed by atoms with E-state index in [1.165, 1.54) is 0 Å². The van der Waals surface area contributed by atoms with E-state index in [0.717, 1.165) is 19.4 Å². The van der Waals surface area contributed by atoms with E-state index >= 15 is 0 Å². The van der Waals surface area contributed by atoms with Gasteiger partial charge in [0.1, 0.15) is 6.61 Å². The molecule has 2 N–H and O–H groups in total. The highest BCUT2D eigenvalue weighted by Gasteiger charge is 2.28. The molecule has 2 saturated heterocycles. The minimum absolute atomic E-state index is 0.0101. The molecule has 0 aliphatic carbocycles. The van der Waals surface area contributed by atoms with Crippen LogP contribution in [-0.4, -0.2) is 55.9 Å². The standard InChI is InChI=1S/C10H18N2O3/c11-4-9-6-12(10(13)7-15-9)5-8-2-1-3-14-8/h8-9H,1-7,11H2. The number of nitrogens with zero attached hydrogens (tertiary/aromatic N) is 1. The molecule has 2 fully saturated rings. The molecule has 0 bridgehead atoms. The second-order valence-corrected chi connectivity index (χ2v) is 4.10. The minimum atomic E-state index is -0.0101. The van der Waals surface area contributed by atoms with E-state index in [0.29, 0.717) is 19.6 Å². The molecule has 0 aromatic carbocycles. The van der Waals surface area contributed by atoms with E-state index in [-0.39, 0.29) is 24.7 Å². The SMILES string of the molecule is NCC1CN(CC2CCCO2)C(=O)CO1. The van der Waals surface area contributed by atoms with Gasteiger partial charge in [-0.05, 0) is 12.8 Å². The second-order valence-electron chi connectivity index (χ2n) is 4.10. The Balaban J connectivity index is 1.85. The predicted octanol–water partition coefficient (Wildman–Crippen LogP) is -0.648. The first-order chi connectivity index (χ1) is 7.29. The lowest BCUT2D eigenvalue weighted by molar-refractivity contribution is -0.150. The first-order valence-corrected chi connectivity index (χ1v) is 5.50. The maximum Gasteiger partial charge on any atom is 0.248 e. The molecule has 2 rings (SSSR count). The zero-order valence-electron chi connectivity index (χ0n) is 8.85. The number of hydrogen-bond acceptors (Lipinski definition) is 4. The van der Waals surface area contributed by atoms with Crippen LogP contribution in [0.25, 0.3) is 0 Å². The van der Waals surface area contributed by atoms with E-state index in [4.69, 9.17) is 15.2 Å². The Bertz CT molecular complexity index is 229. The summed E-state index contributed by atoms with van der Waals surface area (Å²) in [5.41, 5.74) is 5.52. The third-order valence-electron chi connectivity index (χ3n) is 2.93. The van der Waals surface area contributed by atoms with E-state index in [1.807, 2.05) is 4.90 Å². The van der Waals surface area contributed by atoms with Gasteiger partial charge >= 0.3 is 0 Å². The number of nitrogens with two attached hydrogens (primary N) is 1. The van der Waals surface area contributed by atoms with Crippen molar-refractivity contribution in [3.05, 3.63) is 0 Å². The van der Waals surface area contributed by atoms with Crippen LogP contribution in [0.1, 0.15) is 12.8 Å². The molecule has 5 heteroatoms. The normalized spacial score (nSPS) is 32.3. The van der Waals surface area contributed by atoms with Gasteiger partial charge in [-0.15, -0.1) is 0 Å². The largest absolute Gasteiger partial charge is 0.376 e. The van der Waals surface area contributed by atoms with Gasteiger partial charge in [-0.1, -0.05) is 0 Å². The summed E-state index contributed by atoms with van der Waals surface area (Å²) in [4.78, 5) is 13.4. The molecule has 0 spiro atoms. The molecule has 5 nitrogen and oxygen atoms in total. The van der Waals surface area contributed by atoms with Gasteiger partial charge in [-0.3, -0.25) is 4.79 Å². The molecule has 0 radical (unpaired) electrons. The molecule has 15 heavy (non-hydrogen) atoms. The van der Waals surface area contributed by atoms with Crippen molar-refractivity contribution in [2.45, 2.75) is 25.0 Å². The fraction of sp³-hybridized carbons (Fsp3) is 0.900. The Labute approximate surface area is 89.5 Å². The van der Waals surface area contributed by atoms with Gasteiger partial charge < -0.3 is 20.1 Å². The number of rotatable bonds is 3. The first-order valence-electron chi connectivity index (χ1n) is 5.50. The van der Waals surface area contributed by atoms with Crippen LogP contribution in [0.4, 0.5) is 0 Å². The lowest BCUT2D eigenvalue weighted by Crippen LogP contribution is -2.51. The lowest BCUT2D eigenvalue weighted by atomic mass is 10.2. The molecule has 1 amide bonds. The van der Waals surface area contributed by atoms with Crippen molar-refractivity contribution in [3.63, 3.8) is 0 Å². The molecule has 0 aromatic heterocycles. The van der Waals surface area contributed by atoms with Crippen molar-refractivity contribution in [1.29, 1.82) is 0 Å². The summed E-state index contributed by atoms with van der Waals surface area (Å²) in [5, 5.41) is 0. The maximum absolute atomic E-state index is 11.5. The summed E-state index contributed by atoms with van der Waals surface area (Å²) < 4.78 is 10.8. The van der Waals surface area contributed by atoms with Crippen LogP contribution in [0.2, 0.25) is 0 Å². The van der Waals surface area contributed by atoms with Gasteiger partial charge in [-0.2, -0.15) is 0 Å². The molecule has 2 atom stereocenters. The number of carbonyl (C=O) groups is 1. The molecular formula is C10H18N2O3. The van der Waals surface area contributed by atoms with Crippen LogP contribution in [0.15, 0.2) is 0 Å². The van der Waals surface area contributed by atoms with Crippen LogP contribution in [0.5, 0.6) is 0 Å². The summed E-state index contributed by atoms with van der Waals surface area (Å²) >= 11 is 0. The Morgan fingerprint density at radius 3 is 2.93 bits per heavy atom. The summed E-state index contributed by atoms with van der Waals surface area (Å²) in [6, 6.07) is 0. The molecule has 2 aliphatic heterocycles. The van der Waals surface area contributed by atoms with Crippen molar-refractivity contribution in [3.8, 4) is 0 Å². The molecule has 0 aromatic rings. The van der Waals surface area contributed by atoms with E-state index in [9.17, 15) is 4.79 Å². The molecule has 0 saturated carbocycles. The fourth-order valence-electron chi connectivity index (χ4n) is 2.03. The highest BCUT2D eigenvalue weighted by Crippen LogP contribution is 2.15. The van der Waals surface area contributed by atoms with Crippen LogP contribution >= 0.6 is 0 Å². The Morgan fingerprint density at radius 1 is 1.40 bits per heavy atom. The predicted molar refractivity (Wildman–Crippen MR) is 54.3 cm³/mol. The number of carbonyl (C=O) groups excluding carboxylic acids is 1. The number of morpholine rings is 1. The van der Waals surface area contributed by atoms with Crippen LogP contribution < -0.4 is 5.73 Å². The van der Waals surface area contributed by atoms with Crippen molar-refractivity contribution in [2.75, 3.05) is 32.8 Å². The quantitative estimate of drug-likeness (QED) is 0.678. The Kier molecular flexibility index (Phi) is 3.56. The fourth-order valence-corrected chi connectivity index (χ4v) is 2.03. The summed E-state index contributed by atoms with van der Waals surface area (Å²) in [7, 11) is 0. The maximum atomic E-state index is 11.5. The topological polar surface area (TPSA) is 64.8 Å². The Morgan fingerprint density at radius 2 is 2.27 bits per heavy atom. The monoisotopic (exact) mass is 214 g/mol. The van der Waals surface area contributed by atoms with Crippen LogP contribution in [0, 0.1) is 0 Å². The van der Waals surface area contributed by atoms with E-state index < -0.39 is 0 Å². The van der Waals surface area contributed by atoms with Gasteiger partial charge in [0.15, 0.2) is 0 Å². The van der Waals surface area contributed by atoms with Crippen molar-refractivity contribution in [2.24, 2.45) is 5.73 Å². The van der Waals surface area contributed by atoms with Crippen LogP contribution in [-0.2, 0) is 14.3 Å². The smallest absolute Gasteiger partial charge is 0.248 e. The van der Waals surface area contributed by atoms with Crippen molar-refractivity contribution >= 4 is 5.91 Å². The third-order valence-corrected chi connectivity index (χ3v) is 2.93. The molecular weight excluding hydrogens is 196 g/mol. The molecule has 2 unspecified atom stereocenters.